The normalized spacial score (nSPS) is 18.9. The lowest BCUT2D eigenvalue weighted by Gasteiger charge is -2.32. The number of aliphatic hydroxyl groups is 1. The minimum absolute atomic E-state index is 0.0296. The smallest absolute Gasteiger partial charge is 0.257 e. The fraction of sp³-hybridized carbons (Fsp3) is 0.533. The first-order chi connectivity index (χ1) is 9.79. The number of ether oxygens (including phenoxy) is 1. The molecule has 1 aromatic rings. The van der Waals surface area contributed by atoms with Crippen LogP contribution in [0.5, 0.6) is 5.75 Å². The monoisotopic (exact) mass is 276 g/mol. The SMILES string of the molecule is O=C(c1cccc2c1OCCN2)N1CCC(CO)CC1. The van der Waals surface area contributed by atoms with E-state index in [4.69, 9.17) is 9.84 Å². The first kappa shape index (κ1) is 13.2. The zero-order valence-corrected chi connectivity index (χ0v) is 11.5. The van der Waals surface area contributed by atoms with Crippen molar-refractivity contribution in [2.75, 3.05) is 38.2 Å². The van der Waals surface area contributed by atoms with E-state index < -0.39 is 0 Å². The summed E-state index contributed by atoms with van der Waals surface area (Å²) >= 11 is 0. The quantitative estimate of drug-likeness (QED) is 0.855. The lowest BCUT2D eigenvalue weighted by molar-refractivity contribution is 0.0646. The van der Waals surface area contributed by atoms with E-state index in [0.717, 1.165) is 25.1 Å². The van der Waals surface area contributed by atoms with E-state index in [2.05, 4.69) is 5.32 Å². The van der Waals surface area contributed by atoms with Gasteiger partial charge in [0, 0.05) is 26.2 Å². The predicted molar refractivity (Wildman–Crippen MR) is 76.1 cm³/mol. The summed E-state index contributed by atoms with van der Waals surface area (Å²) in [5, 5.41) is 12.4. The fourth-order valence-electron chi connectivity index (χ4n) is 2.83. The van der Waals surface area contributed by atoms with Crippen molar-refractivity contribution in [3.05, 3.63) is 23.8 Å². The Balaban J connectivity index is 1.78. The van der Waals surface area contributed by atoms with E-state index in [0.29, 0.717) is 36.9 Å². The van der Waals surface area contributed by atoms with Crippen LogP contribution in [-0.4, -0.2) is 48.8 Å². The maximum Gasteiger partial charge on any atom is 0.257 e. The number of amides is 1. The van der Waals surface area contributed by atoms with Gasteiger partial charge in [-0.3, -0.25) is 4.79 Å². The highest BCUT2D eigenvalue weighted by Crippen LogP contribution is 2.32. The second kappa shape index (κ2) is 5.71. The Morgan fingerprint density at radius 1 is 1.40 bits per heavy atom. The summed E-state index contributed by atoms with van der Waals surface area (Å²) in [4.78, 5) is 14.5. The molecule has 108 valence electrons. The number of nitrogens with zero attached hydrogens (tertiary/aromatic N) is 1. The van der Waals surface area contributed by atoms with Gasteiger partial charge in [-0.25, -0.2) is 0 Å². The zero-order valence-electron chi connectivity index (χ0n) is 11.5. The Labute approximate surface area is 118 Å². The average Bonchev–Trinajstić information content (AvgIpc) is 2.54. The lowest BCUT2D eigenvalue weighted by Crippen LogP contribution is -2.39. The van der Waals surface area contributed by atoms with E-state index in [1.807, 2.05) is 23.1 Å². The van der Waals surface area contributed by atoms with Gasteiger partial charge >= 0.3 is 0 Å². The second-order valence-electron chi connectivity index (χ2n) is 5.38. The molecule has 0 aromatic heterocycles. The predicted octanol–water partition coefficient (Wildman–Crippen LogP) is 1.34. The molecule has 1 aromatic carbocycles. The molecule has 5 heteroatoms. The Bertz CT molecular complexity index is 496. The van der Waals surface area contributed by atoms with E-state index >= 15 is 0 Å². The highest BCUT2D eigenvalue weighted by Gasteiger charge is 2.26. The summed E-state index contributed by atoms with van der Waals surface area (Å²) in [6, 6.07) is 5.64. The number of anilines is 1. The maximum absolute atomic E-state index is 12.6. The van der Waals surface area contributed by atoms with Crippen molar-refractivity contribution < 1.29 is 14.6 Å². The van der Waals surface area contributed by atoms with Crippen molar-refractivity contribution in [2.45, 2.75) is 12.8 Å². The number of carbonyl (C=O) groups is 1. The zero-order chi connectivity index (χ0) is 13.9. The minimum Gasteiger partial charge on any atom is -0.489 e. The Hall–Kier alpha value is -1.75. The summed E-state index contributed by atoms with van der Waals surface area (Å²) in [6.07, 6.45) is 1.74. The van der Waals surface area contributed by atoms with Crippen LogP contribution in [0.1, 0.15) is 23.2 Å². The number of likely N-dealkylation sites (tertiary alicyclic amines) is 1. The van der Waals surface area contributed by atoms with Gasteiger partial charge in [-0.2, -0.15) is 0 Å². The minimum atomic E-state index is 0.0296. The van der Waals surface area contributed by atoms with Crippen molar-refractivity contribution in [2.24, 2.45) is 5.92 Å². The number of nitrogens with one attached hydrogen (secondary N) is 1. The van der Waals surface area contributed by atoms with Gasteiger partial charge < -0.3 is 20.1 Å². The molecule has 1 amide bonds. The van der Waals surface area contributed by atoms with Gasteiger partial charge in [-0.15, -0.1) is 0 Å². The number of fused-ring (bicyclic) bond motifs is 1. The molecule has 0 spiro atoms. The van der Waals surface area contributed by atoms with Crippen molar-refractivity contribution in [1.29, 1.82) is 0 Å². The molecular formula is C15H20N2O3. The van der Waals surface area contributed by atoms with Gasteiger partial charge in [0.2, 0.25) is 0 Å². The summed E-state index contributed by atoms with van der Waals surface area (Å²) in [7, 11) is 0. The molecule has 1 saturated heterocycles. The Kier molecular flexibility index (Phi) is 3.78. The van der Waals surface area contributed by atoms with E-state index in [1.165, 1.54) is 0 Å². The number of rotatable bonds is 2. The fourth-order valence-corrected chi connectivity index (χ4v) is 2.83. The van der Waals surface area contributed by atoms with Crippen LogP contribution in [0.15, 0.2) is 18.2 Å². The summed E-state index contributed by atoms with van der Waals surface area (Å²) in [5.74, 6) is 1.04. The third-order valence-corrected chi connectivity index (χ3v) is 4.07. The molecule has 20 heavy (non-hydrogen) atoms. The average molecular weight is 276 g/mol. The standard InChI is InChI=1S/C15H20N2O3/c18-10-11-4-7-17(8-5-11)15(19)12-2-1-3-13-14(12)20-9-6-16-13/h1-3,11,16,18H,4-10H2. The molecule has 3 rings (SSSR count). The summed E-state index contributed by atoms with van der Waals surface area (Å²) in [5.41, 5.74) is 1.53. The van der Waals surface area contributed by atoms with Gasteiger partial charge in [0.1, 0.15) is 6.61 Å². The van der Waals surface area contributed by atoms with Gasteiger partial charge in [0.15, 0.2) is 5.75 Å². The first-order valence-corrected chi connectivity index (χ1v) is 7.19. The third-order valence-electron chi connectivity index (χ3n) is 4.07. The maximum atomic E-state index is 12.6. The molecule has 2 aliphatic rings. The molecule has 0 bridgehead atoms. The summed E-state index contributed by atoms with van der Waals surface area (Å²) < 4.78 is 5.66. The van der Waals surface area contributed by atoms with Crippen molar-refractivity contribution in [1.82, 2.24) is 4.90 Å². The molecule has 0 saturated carbocycles. The number of benzene rings is 1. The largest absolute Gasteiger partial charge is 0.489 e. The van der Waals surface area contributed by atoms with Crippen LogP contribution in [-0.2, 0) is 0 Å². The molecule has 2 aliphatic heterocycles. The molecule has 5 nitrogen and oxygen atoms in total. The molecule has 2 heterocycles. The lowest BCUT2D eigenvalue weighted by atomic mass is 9.97. The van der Waals surface area contributed by atoms with E-state index in [1.54, 1.807) is 0 Å². The van der Waals surface area contributed by atoms with E-state index in [-0.39, 0.29) is 12.5 Å². The van der Waals surface area contributed by atoms with Crippen LogP contribution < -0.4 is 10.1 Å². The number of carbonyl (C=O) groups excluding carboxylic acids is 1. The van der Waals surface area contributed by atoms with Crippen LogP contribution in [0, 0.1) is 5.92 Å². The van der Waals surface area contributed by atoms with Crippen LogP contribution >= 0.6 is 0 Å². The number of hydrogen-bond acceptors (Lipinski definition) is 4. The highest BCUT2D eigenvalue weighted by atomic mass is 16.5. The molecule has 0 aliphatic carbocycles. The van der Waals surface area contributed by atoms with Crippen LogP contribution in [0.25, 0.3) is 0 Å². The van der Waals surface area contributed by atoms with Crippen LogP contribution in [0.2, 0.25) is 0 Å². The molecule has 2 N–H and O–H groups in total. The molecular weight excluding hydrogens is 256 g/mol. The number of aliphatic hydroxyl groups excluding tert-OH is 1. The molecule has 1 fully saturated rings. The van der Waals surface area contributed by atoms with Crippen LogP contribution in [0.3, 0.4) is 0 Å². The molecule has 0 atom stereocenters. The molecule has 0 unspecified atom stereocenters. The van der Waals surface area contributed by atoms with Gasteiger partial charge in [0.05, 0.1) is 11.3 Å². The Morgan fingerprint density at radius 3 is 2.95 bits per heavy atom. The Morgan fingerprint density at radius 2 is 2.20 bits per heavy atom. The van der Waals surface area contributed by atoms with Gasteiger partial charge in [-0.05, 0) is 30.9 Å². The highest BCUT2D eigenvalue weighted by molar-refractivity contribution is 5.99. The van der Waals surface area contributed by atoms with E-state index in [9.17, 15) is 4.79 Å². The second-order valence-corrected chi connectivity index (χ2v) is 5.38. The van der Waals surface area contributed by atoms with Crippen molar-refractivity contribution in [3.8, 4) is 5.75 Å². The van der Waals surface area contributed by atoms with Crippen molar-refractivity contribution >= 4 is 11.6 Å². The number of para-hydroxylation sites is 1. The van der Waals surface area contributed by atoms with Crippen molar-refractivity contribution in [3.63, 3.8) is 0 Å². The van der Waals surface area contributed by atoms with Crippen LogP contribution in [0.4, 0.5) is 5.69 Å². The number of hydrogen-bond donors (Lipinski definition) is 2. The van der Waals surface area contributed by atoms with Gasteiger partial charge in [-0.1, -0.05) is 6.07 Å². The van der Waals surface area contributed by atoms with Gasteiger partial charge in [0.25, 0.3) is 5.91 Å². The number of piperidine rings is 1. The molecule has 0 radical (unpaired) electrons. The first-order valence-electron chi connectivity index (χ1n) is 7.19. The summed E-state index contributed by atoms with van der Waals surface area (Å²) in [6.45, 7) is 2.99. The third kappa shape index (κ3) is 2.45. The topological polar surface area (TPSA) is 61.8 Å².